The van der Waals surface area contributed by atoms with Crippen LogP contribution in [-0.2, 0) is 27.9 Å². The summed E-state index contributed by atoms with van der Waals surface area (Å²) >= 11 is 0. The maximum atomic E-state index is 13.6. The summed E-state index contributed by atoms with van der Waals surface area (Å²) in [5.74, 6) is 2.13. The van der Waals surface area contributed by atoms with Crippen molar-refractivity contribution in [2.45, 2.75) is 122 Å². The van der Waals surface area contributed by atoms with Gasteiger partial charge in [0.25, 0.3) is 0 Å². The number of hydrogen-bond acceptors (Lipinski definition) is 6. The standard InChI is InChI=1S/C59H66O6/c1-3-5-7-9-11-17-38-61-56-31-28-44(50-21-13-15-23-52(50)56)20-19-40-64-65-49-30-27-47-34-37-59(55(47)43-49)36-33-46-25-26-48(42-54(46)59)58(60)63-41-35-45-29-32-57(53-24-16-14-22-51(45)53)62-39-18-12-10-8-6-4-2/h13-16,19-32,35,41-43H,3-12,17-18,33-34,36-40H2,1-2H3/b20-19+,41-35+. The molecular formula is C59H66O6. The molecule has 0 saturated heterocycles. The molecule has 2 aliphatic carbocycles. The number of rotatable bonds is 24. The fourth-order valence-electron chi connectivity index (χ4n) is 9.96. The minimum Gasteiger partial charge on any atom is -0.493 e. The van der Waals surface area contributed by atoms with Gasteiger partial charge in [0.2, 0.25) is 0 Å². The van der Waals surface area contributed by atoms with Crippen LogP contribution in [0, 0.1) is 0 Å². The number of aryl methyl sites for hydroxylation is 2. The summed E-state index contributed by atoms with van der Waals surface area (Å²) in [7, 11) is 0. The number of benzene rings is 6. The van der Waals surface area contributed by atoms with Gasteiger partial charge in [-0.05, 0) is 125 Å². The summed E-state index contributed by atoms with van der Waals surface area (Å²) in [6, 6.07) is 37.3. The third kappa shape index (κ3) is 11.2. The van der Waals surface area contributed by atoms with Crippen LogP contribution in [-0.4, -0.2) is 25.8 Å². The van der Waals surface area contributed by atoms with Crippen molar-refractivity contribution in [3.63, 3.8) is 0 Å². The molecule has 0 aromatic heterocycles. The van der Waals surface area contributed by atoms with E-state index in [2.05, 4.69) is 92.7 Å². The van der Waals surface area contributed by atoms with Crippen molar-refractivity contribution in [1.29, 1.82) is 0 Å². The summed E-state index contributed by atoms with van der Waals surface area (Å²) in [6.07, 6.45) is 26.2. The summed E-state index contributed by atoms with van der Waals surface area (Å²) in [4.78, 5) is 25.2. The minimum atomic E-state index is -0.369. The third-order valence-electron chi connectivity index (χ3n) is 13.5. The Bertz CT molecular complexity index is 2580. The number of fused-ring (bicyclic) bond motifs is 6. The highest BCUT2D eigenvalue weighted by Crippen LogP contribution is 2.53. The first-order valence-electron chi connectivity index (χ1n) is 24.5. The van der Waals surface area contributed by atoms with E-state index in [0.717, 1.165) is 89.3 Å². The Morgan fingerprint density at radius 3 is 1.72 bits per heavy atom. The van der Waals surface area contributed by atoms with Gasteiger partial charge in [-0.3, -0.25) is 0 Å². The van der Waals surface area contributed by atoms with Crippen LogP contribution >= 0.6 is 0 Å². The molecule has 65 heavy (non-hydrogen) atoms. The lowest BCUT2D eigenvalue weighted by Gasteiger charge is -2.27. The maximum absolute atomic E-state index is 13.6. The van der Waals surface area contributed by atoms with Gasteiger partial charge in [0, 0.05) is 16.2 Å². The van der Waals surface area contributed by atoms with Crippen molar-refractivity contribution in [2.75, 3.05) is 19.8 Å². The fourth-order valence-corrected chi connectivity index (χ4v) is 9.96. The molecule has 6 aromatic rings. The van der Waals surface area contributed by atoms with Crippen LogP contribution in [0.4, 0.5) is 0 Å². The SMILES string of the molecule is CCCCCCCCOc1ccc(/C=C/COOc2ccc3c(c2)C2(CC3)CCc3ccc(C(=O)O/C=C/c4ccc(OCCCCCCCC)c5ccccc45)cc32)c2ccccc12. The average molecular weight is 871 g/mol. The lowest BCUT2D eigenvalue weighted by molar-refractivity contribution is -0.195. The molecule has 0 saturated carbocycles. The van der Waals surface area contributed by atoms with Crippen LogP contribution in [0.25, 0.3) is 33.7 Å². The van der Waals surface area contributed by atoms with Crippen molar-refractivity contribution in [3.05, 3.63) is 160 Å². The number of ether oxygens (including phenoxy) is 3. The van der Waals surface area contributed by atoms with Gasteiger partial charge >= 0.3 is 5.97 Å². The molecule has 0 fully saturated rings. The van der Waals surface area contributed by atoms with E-state index in [1.807, 2.05) is 48.6 Å². The van der Waals surface area contributed by atoms with Crippen LogP contribution in [0.2, 0.25) is 0 Å². The zero-order valence-corrected chi connectivity index (χ0v) is 38.6. The van der Waals surface area contributed by atoms with Gasteiger partial charge in [0.1, 0.15) is 18.1 Å². The van der Waals surface area contributed by atoms with Gasteiger partial charge in [-0.25, -0.2) is 4.79 Å². The van der Waals surface area contributed by atoms with E-state index in [1.54, 1.807) is 0 Å². The molecule has 0 heterocycles. The lowest BCUT2D eigenvalue weighted by atomic mass is 9.76. The number of unbranched alkanes of at least 4 members (excludes halogenated alkanes) is 10. The quantitative estimate of drug-likeness (QED) is 0.0198. The van der Waals surface area contributed by atoms with E-state index in [1.165, 1.54) is 92.7 Å². The number of carbonyl (C=O) groups is 1. The first-order valence-corrected chi connectivity index (χ1v) is 24.5. The van der Waals surface area contributed by atoms with Gasteiger partial charge in [-0.15, -0.1) is 0 Å². The molecule has 1 spiro atoms. The van der Waals surface area contributed by atoms with Gasteiger partial charge in [-0.1, -0.05) is 163 Å². The zero-order valence-electron chi connectivity index (χ0n) is 38.6. The molecule has 1 unspecified atom stereocenters. The van der Waals surface area contributed by atoms with Gasteiger partial charge < -0.3 is 19.1 Å². The Balaban J connectivity index is 0.868. The number of esters is 1. The highest BCUT2D eigenvalue weighted by Gasteiger charge is 2.45. The van der Waals surface area contributed by atoms with Crippen LogP contribution in [0.3, 0.4) is 0 Å². The van der Waals surface area contributed by atoms with E-state index in [4.69, 9.17) is 24.0 Å². The van der Waals surface area contributed by atoms with E-state index < -0.39 is 0 Å². The Morgan fingerprint density at radius 2 is 1.11 bits per heavy atom. The van der Waals surface area contributed by atoms with Crippen LogP contribution < -0.4 is 14.4 Å². The second-order valence-electron chi connectivity index (χ2n) is 17.9. The molecule has 0 bridgehead atoms. The first-order chi connectivity index (χ1) is 32.1. The molecule has 8 rings (SSSR count). The normalized spacial score (nSPS) is 15.4. The van der Waals surface area contributed by atoms with Crippen molar-refractivity contribution in [3.8, 4) is 17.2 Å². The Morgan fingerprint density at radius 1 is 0.569 bits per heavy atom. The monoisotopic (exact) mass is 870 g/mol. The largest absolute Gasteiger partial charge is 0.493 e. The molecule has 338 valence electrons. The predicted octanol–water partition coefficient (Wildman–Crippen LogP) is 15.5. The Hall–Kier alpha value is -5.85. The predicted molar refractivity (Wildman–Crippen MR) is 266 cm³/mol. The van der Waals surface area contributed by atoms with Crippen molar-refractivity contribution in [1.82, 2.24) is 0 Å². The van der Waals surface area contributed by atoms with Crippen molar-refractivity contribution < 1.29 is 28.8 Å². The topological polar surface area (TPSA) is 63.2 Å². The van der Waals surface area contributed by atoms with Crippen LogP contribution in [0.15, 0.2) is 122 Å². The number of hydrogen-bond donors (Lipinski definition) is 0. The van der Waals surface area contributed by atoms with Crippen molar-refractivity contribution >= 4 is 39.7 Å². The highest BCUT2D eigenvalue weighted by atomic mass is 17.2. The van der Waals surface area contributed by atoms with Gasteiger partial charge in [0.05, 0.1) is 25.0 Å². The van der Waals surface area contributed by atoms with E-state index >= 15 is 0 Å². The molecule has 1 atom stereocenters. The number of carbonyl (C=O) groups excluding carboxylic acids is 1. The Kier molecular flexibility index (Phi) is 16.1. The molecule has 0 radical (unpaired) electrons. The van der Waals surface area contributed by atoms with Crippen LogP contribution in [0.1, 0.15) is 147 Å². The van der Waals surface area contributed by atoms with E-state index in [0.29, 0.717) is 24.5 Å². The fraction of sp³-hybridized carbons (Fsp3) is 0.373. The molecule has 6 heteroatoms. The highest BCUT2D eigenvalue weighted by molar-refractivity contribution is 5.96. The maximum Gasteiger partial charge on any atom is 0.342 e. The van der Waals surface area contributed by atoms with Gasteiger partial charge in [-0.2, -0.15) is 4.89 Å². The molecule has 2 aliphatic rings. The molecule has 6 nitrogen and oxygen atoms in total. The van der Waals surface area contributed by atoms with E-state index in [9.17, 15) is 4.79 Å². The molecule has 0 aliphatic heterocycles. The second-order valence-corrected chi connectivity index (χ2v) is 17.9. The third-order valence-corrected chi connectivity index (χ3v) is 13.5. The summed E-state index contributed by atoms with van der Waals surface area (Å²) in [5.41, 5.74) is 7.52. The lowest BCUT2D eigenvalue weighted by Crippen LogP contribution is -2.21. The molecular weight excluding hydrogens is 805 g/mol. The Labute approximate surface area is 386 Å². The second kappa shape index (κ2) is 22.9. The summed E-state index contributed by atoms with van der Waals surface area (Å²) in [6.45, 7) is 6.24. The summed E-state index contributed by atoms with van der Waals surface area (Å²) < 4.78 is 18.3. The first kappa shape index (κ1) is 45.7. The van der Waals surface area contributed by atoms with Gasteiger partial charge in [0.15, 0.2) is 5.75 Å². The van der Waals surface area contributed by atoms with Crippen molar-refractivity contribution in [2.24, 2.45) is 0 Å². The molecule has 0 amide bonds. The summed E-state index contributed by atoms with van der Waals surface area (Å²) in [5, 5.41) is 4.39. The zero-order chi connectivity index (χ0) is 44.7. The molecule has 0 N–H and O–H groups in total. The van der Waals surface area contributed by atoms with E-state index in [-0.39, 0.29) is 11.4 Å². The average Bonchev–Trinajstić information content (AvgIpc) is 3.91. The molecule has 6 aromatic carbocycles. The van der Waals surface area contributed by atoms with Crippen LogP contribution in [0.5, 0.6) is 17.2 Å². The smallest absolute Gasteiger partial charge is 0.342 e. The minimum absolute atomic E-state index is 0.181.